The molecule has 5 heteroatoms. The van der Waals surface area contributed by atoms with Gasteiger partial charge in [-0.3, -0.25) is 0 Å². The third-order valence-corrected chi connectivity index (χ3v) is 3.61. The van der Waals surface area contributed by atoms with E-state index in [2.05, 4.69) is 4.98 Å². The Morgan fingerprint density at radius 2 is 2.17 bits per heavy atom. The van der Waals surface area contributed by atoms with Gasteiger partial charge >= 0.3 is 0 Å². The monoisotopic (exact) mass is 265 g/mol. The van der Waals surface area contributed by atoms with Gasteiger partial charge in [-0.2, -0.15) is 5.26 Å². The molecule has 2 atom stereocenters. The van der Waals surface area contributed by atoms with Crippen molar-refractivity contribution in [3.8, 4) is 11.9 Å². The van der Waals surface area contributed by atoms with Gasteiger partial charge in [0, 0.05) is 12.2 Å². The van der Waals surface area contributed by atoms with Crippen LogP contribution in [0, 0.1) is 11.3 Å². The maximum Gasteiger partial charge on any atom is 0.234 e. The first-order chi connectivity index (χ1) is 8.72. The molecule has 0 bridgehead atoms. The predicted molar refractivity (Wildman–Crippen MR) is 69.4 cm³/mol. The highest BCUT2D eigenvalue weighted by molar-refractivity contribution is 6.32. The minimum atomic E-state index is -0.0635. The van der Waals surface area contributed by atoms with E-state index in [-0.39, 0.29) is 17.2 Å². The molecule has 2 unspecified atom stereocenters. The molecule has 2 rings (SSSR count). The molecule has 96 valence electrons. The number of nitrogens with zero attached hydrogens (tertiary/aromatic N) is 2. The lowest BCUT2D eigenvalue weighted by Crippen LogP contribution is -2.38. The van der Waals surface area contributed by atoms with Gasteiger partial charge in [0.25, 0.3) is 0 Å². The second-order valence-electron chi connectivity index (χ2n) is 4.55. The molecular formula is C13H16ClN3O. The third kappa shape index (κ3) is 2.92. The van der Waals surface area contributed by atoms with Crippen molar-refractivity contribution in [2.75, 3.05) is 0 Å². The summed E-state index contributed by atoms with van der Waals surface area (Å²) in [7, 11) is 0. The van der Waals surface area contributed by atoms with Crippen molar-refractivity contribution in [1.29, 1.82) is 5.26 Å². The molecule has 1 fully saturated rings. The van der Waals surface area contributed by atoms with Crippen LogP contribution in [-0.4, -0.2) is 17.1 Å². The molecule has 1 aromatic heterocycles. The first-order valence-corrected chi connectivity index (χ1v) is 6.57. The summed E-state index contributed by atoms with van der Waals surface area (Å²) in [6.07, 6.45) is 6.77. The summed E-state index contributed by atoms with van der Waals surface area (Å²) in [6.45, 7) is 0. The molecule has 2 N–H and O–H groups in total. The number of hydrogen-bond donors (Lipinski definition) is 1. The lowest BCUT2D eigenvalue weighted by atomic mass is 10.1. The van der Waals surface area contributed by atoms with Gasteiger partial charge < -0.3 is 10.5 Å². The van der Waals surface area contributed by atoms with E-state index < -0.39 is 0 Å². The fourth-order valence-electron chi connectivity index (χ4n) is 2.19. The summed E-state index contributed by atoms with van der Waals surface area (Å²) < 4.78 is 5.80. The van der Waals surface area contributed by atoms with E-state index in [9.17, 15) is 0 Å². The highest BCUT2D eigenvalue weighted by atomic mass is 35.5. The zero-order chi connectivity index (χ0) is 13.0. The summed E-state index contributed by atoms with van der Waals surface area (Å²) in [5.74, 6) is 0.318. The van der Waals surface area contributed by atoms with Crippen molar-refractivity contribution in [3.05, 3.63) is 22.8 Å². The van der Waals surface area contributed by atoms with E-state index in [4.69, 9.17) is 27.3 Å². The van der Waals surface area contributed by atoms with Gasteiger partial charge in [-0.1, -0.05) is 24.4 Å². The lowest BCUT2D eigenvalue weighted by molar-refractivity contribution is 0.156. The van der Waals surface area contributed by atoms with E-state index in [1.54, 1.807) is 6.07 Å². The van der Waals surface area contributed by atoms with Crippen LogP contribution in [0.1, 0.15) is 37.7 Å². The van der Waals surface area contributed by atoms with Crippen molar-refractivity contribution >= 4 is 11.6 Å². The Labute approximate surface area is 112 Å². The van der Waals surface area contributed by atoms with Crippen molar-refractivity contribution in [1.82, 2.24) is 4.98 Å². The van der Waals surface area contributed by atoms with Crippen LogP contribution in [0.2, 0.25) is 5.02 Å². The van der Waals surface area contributed by atoms with E-state index in [1.807, 2.05) is 6.07 Å². The summed E-state index contributed by atoms with van der Waals surface area (Å²) >= 11 is 6.07. The smallest absolute Gasteiger partial charge is 0.234 e. The van der Waals surface area contributed by atoms with E-state index in [1.165, 1.54) is 12.6 Å². The Kier molecular flexibility index (Phi) is 4.40. The maximum atomic E-state index is 8.90. The highest BCUT2D eigenvalue weighted by Gasteiger charge is 2.23. The normalized spacial score (nSPS) is 24.1. The van der Waals surface area contributed by atoms with E-state index >= 15 is 0 Å². The van der Waals surface area contributed by atoms with Gasteiger partial charge in [-0.05, 0) is 25.3 Å². The van der Waals surface area contributed by atoms with Gasteiger partial charge in [-0.25, -0.2) is 4.98 Å². The largest absolute Gasteiger partial charge is 0.472 e. The number of hydrogen-bond acceptors (Lipinski definition) is 4. The molecule has 0 amide bonds. The second kappa shape index (κ2) is 6.03. The average molecular weight is 266 g/mol. The molecule has 1 aliphatic rings. The number of ether oxygens (including phenoxy) is 1. The quantitative estimate of drug-likeness (QED) is 0.835. The molecule has 1 saturated carbocycles. The zero-order valence-corrected chi connectivity index (χ0v) is 10.9. The summed E-state index contributed by atoms with van der Waals surface area (Å²) in [5, 5.41) is 9.18. The molecule has 0 radical (unpaired) electrons. The minimum Gasteiger partial charge on any atom is -0.472 e. The first kappa shape index (κ1) is 13.1. The average Bonchev–Trinajstić information content (AvgIpc) is 2.57. The SMILES string of the molecule is N#Cc1ccnc(OC2CCCCCC2N)c1Cl. The molecule has 1 heterocycles. The minimum absolute atomic E-state index is 0.0103. The Morgan fingerprint density at radius 3 is 2.94 bits per heavy atom. The number of nitrogens with two attached hydrogens (primary N) is 1. The maximum absolute atomic E-state index is 8.90. The molecule has 0 saturated heterocycles. The Hall–Kier alpha value is -1.31. The summed E-state index contributed by atoms with van der Waals surface area (Å²) in [4.78, 5) is 4.09. The summed E-state index contributed by atoms with van der Waals surface area (Å²) in [6, 6.07) is 3.60. The van der Waals surface area contributed by atoms with Crippen LogP contribution in [0.25, 0.3) is 0 Å². The molecule has 1 aromatic rings. The van der Waals surface area contributed by atoms with Crippen molar-refractivity contribution in [3.63, 3.8) is 0 Å². The van der Waals surface area contributed by atoms with Crippen molar-refractivity contribution in [2.24, 2.45) is 5.73 Å². The van der Waals surface area contributed by atoms with Crippen LogP contribution >= 0.6 is 11.6 Å². The Morgan fingerprint density at radius 1 is 1.39 bits per heavy atom. The molecule has 0 spiro atoms. The van der Waals surface area contributed by atoms with Gasteiger partial charge in [-0.15, -0.1) is 0 Å². The standard InChI is InChI=1S/C13H16ClN3O/c14-12-9(8-15)6-7-17-13(12)18-11-5-3-1-2-4-10(11)16/h6-7,10-11H,1-5,16H2. The van der Waals surface area contributed by atoms with Gasteiger partial charge in [0.05, 0.1) is 5.56 Å². The van der Waals surface area contributed by atoms with Gasteiger partial charge in [0.1, 0.15) is 17.2 Å². The number of nitriles is 1. The Bertz CT molecular complexity index is 458. The molecule has 0 aliphatic heterocycles. The van der Waals surface area contributed by atoms with E-state index in [0.717, 1.165) is 25.7 Å². The second-order valence-corrected chi connectivity index (χ2v) is 4.93. The van der Waals surface area contributed by atoms with Crippen molar-refractivity contribution in [2.45, 2.75) is 44.2 Å². The molecule has 1 aliphatic carbocycles. The van der Waals surface area contributed by atoms with Crippen molar-refractivity contribution < 1.29 is 4.74 Å². The molecular weight excluding hydrogens is 250 g/mol. The third-order valence-electron chi connectivity index (χ3n) is 3.24. The fourth-order valence-corrected chi connectivity index (χ4v) is 2.38. The van der Waals surface area contributed by atoms with Crippen LogP contribution in [0.4, 0.5) is 0 Å². The number of aromatic nitrogens is 1. The topological polar surface area (TPSA) is 71.9 Å². The van der Waals surface area contributed by atoms with Crippen LogP contribution in [0.5, 0.6) is 5.88 Å². The Balaban J connectivity index is 2.15. The molecule has 4 nitrogen and oxygen atoms in total. The van der Waals surface area contributed by atoms with Gasteiger partial charge in [0.15, 0.2) is 0 Å². The van der Waals surface area contributed by atoms with Crippen LogP contribution in [0.3, 0.4) is 0 Å². The number of rotatable bonds is 2. The molecule has 18 heavy (non-hydrogen) atoms. The highest BCUT2D eigenvalue weighted by Crippen LogP contribution is 2.28. The fraction of sp³-hybridized carbons (Fsp3) is 0.538. The number of halogens is 1. The summed E-state index contributed by atoms with van der Waals surface area (Å²) in [5.41, 5.74) is 6.47. The number of pyridine rings is 1. The lowest BCUT2D eigenvalue weighted by Gasteiger charge is -2.22. The zero-order valence-electron chi connectivity index (χ0n) is 10.1. The van der Waals surface area contributed by atoms with E-state index in [0.29, 0.717) is 11.4 Å². The first-order valence-electron chi connectivity index (χ1n) is 6.19. The van der Waals surface area contributed by atoms with Gasteiger partial charge in [0.2, 0.25) is 5.88 Å². The van der Waals surface area contributed by atoms with Crippen LogP contribution in [-0.2, 0) is 0 Å². The van der Waals surface area contributed by atoms with Crippen LogP contribution in [0.15, 0.2) is 12.3 Å². The predicted octanol–water partition coefficient (Wildman–Crippen LogP) is 2.65. The molecule has 0 aromatic carbocycles. The van der Waals surface area contributed by atoms with Crippen LogP contribution < -0.4 is 10.5 Å².